The van der Waals surface area contributed by atoms with E-state index in [1.165, 1.54) is 11.1 Å². The van der Waals surface area contributed by atoms with Crippen molar-refractivity contribution < 1.29 is 4.79 Å². The van der Waals surface area contributed by atoms with Crippen LogP contribution < -0.4 is 0 Å². The zero-order valence-electron chi connectivity index (χ0n) is 17.1. The lowest BCUT2D eigenvalue weighted by Crippen LogP contribution is -2.58. The third-order valence-corrected chi connectivity index (χ3v) is 6.64. The van der Waals surface area contributed by atoms with Crippen LogP contribution in [0, 0.1) is 0 Å². The molecule has 0 spiro atoms. The van der Waals surface area contributed by atoms with Crippen LogP contribution in [0.25, 0.3) is 0 Å². The SMILES string of the molecule is CN1CCN(C)C(CN2CC(c3ccccc3)(c3ccccc3)CCC2=O)C1. The summed E-state index contributed by atoms with van der Waals surface area (Å²) in [5.74, 6) is 0.295. The number of amides is 1. The molecule has 2 aromatic carbocycles. The summed E-state index contributed by atoms with van der Waals surface area (Å²) in [6, 6.07) is 21.9. The number of nitrogens with zero attached hydrogens (tertiary/aromatic N) is 3. The number of hydrogen-bond donors (Lipinski definition) is 0. The summed E-state index contributed by atoms with van der Waals surface area (Å²) >= 11 is 0. The minimum atomic E-state index is -0.129. The van der Waals surface area contributed by atoms with Gasteiger partial charge < -0.3 is 9.80 Å². The first kappa shape index (κ1) is 19.2. The smallest absolute Gasteiger partial charge is 0.222 e. The van der Waals surface area contributed by atoms with Crippen molar-refractivity contribution in [1.82, 2.24) is 14.7 Å². The largest absolute Gasteiger partial charge is 0.340 e. The van der Waals surface area contributed by atoms with Gasteiger partial charge >= 0.3 is 0 Å². The Morgan fingerprint density at radius 2 is 1.54 bits per heavy atom. The summed E-state index contributed by atoms with van der Waals surface area (Å²) in [7, 11) is 4.37. The molecule has 4 nitrogen and oxygen atoms in total. The van der Waals surface area contributed by atoms with E-state index in [1.54, 1.807) is 0 Å². The molecule has 1 amide bonds. The molecule has 0 saturated carbocycles. The maximum absolute atomic E-state index is 12.9. The van der Waals surface area contributed by atoms with Gasteiger partial charge in [-0.3, -0.25) is 9.69 Å². The van der Waals surface area contributed by atoms with Crippen LogP contribution in [0.2, 0.25) is 0 Å². The van der Waals surface area contributed by atoms with Gasteiger partial charge in [-0.25, -0.2) is 0 Å². The standard InChI is InChI=1S/C24H31N3O/c1-25-15-16-26(2)22(17-25)18-27-19-24(14-13-23(27)28,20-9-5-3-6-10-20)21-11-7-4-8-12-21/h3-12,22H,13-19H2,1-2H3. The highest BCUT2D eigenvalue weighted by atomic mass is 16.2. The average molecular weight is 378 g/mol. The third kappa shape index (κ3) is 3.71. The van der Waals surface area contributed by atoms with Crippen molar-refractivity contribution in [3.63, 3.8) is 0 Å². The summed E-state index contributed by atoms with van der Waals surface area (Å²) < 4.78 is 0. The second-order valence-electron chi connectivity index (χ2n) is 8.49. The van der Waals surface area contributed by atoms with Crippen LogP contribution in [-0.4, -0.2) is 73.5 Å². The van der Waals surface area contributed by atoms with Crippen molar-refractivity contribution in [3.8, 4) is 0 Å². The van der Waals surface area contributed by atoms with Crippen molar-refractivity contribution in [2.24, 2.45) is 0 Å². The Bertz CT molecular complexity index is 753. The number of benzene rings is 2. The van der Waals surface area contributed by atoms with E-state index in [0.29, 0.717) is 18.4 Å². The van der Waals surface area contributed by atoms with Gasteiger partial charge in [0.05, 0.1) is 0 Å². The van der Waals surface area contributed by atoms with E-state index < -0.39 is 0 Å². The number of carbonyl (C=O) groups is 1. The number of piperazine rings is 1. The van der Waals surface area contributed by atoms with E-state index in [-0.39, 0.29) is 5.41 Å². The van der Waals surface area contributed by atoms with Gasteiger partial charge in [-0.1, -0.05) is 60.7 Å². The van der Waals surface area contributed by atoms with E-state index in [0.717, 1.165) is 39.1 Å². The zero-order chi connectivity index (χ0) is 19.6. The summed E-state index contributed by atoms with van der Waals surface area (Å²) in [6.45, 7) is 4.74. The van der Waals surface area contributed by atoms with Gasteiger partial charge in [0.15, 0.2) is 0 Å². The van der Waals surface area contributed by atoms with E-state index in [9.17, 15) is 4.79 Å². The zero-order valence-corrected chi connectivity index (χ0v) is 17.1. The summed E-state index contributed by atoms with van der Waals surface area (Å²) in [5.41, 5.74) is 2.50. The average Bonchev–Trinajstić information content (AvgIpc) is 2.74. The minimum absolute atomic E-state index is 0.129. The van der Waals surface area contributed by atoms with E-state index in [1.807, 2.05) is 0 Å². The van der Waals surface area contributed by atoms with Crippen molar-refractivity contribution in [1.29, 1.82) is 0 Å². The highest BCUT2D eigenvalue weighted by Crippen LogP contribution is 2.40. The molecule has 0 N–H and O–H groups in total. The van der Waals surface area contributed by atoms with Crippen LogP contribution >= 0.6 is 0 Å². The van der Waals surface area contributed by atoms with Crippen LogP contribution in [0.3, 0.4) is 0 Å². The van der Waals surface area contributed by atoms with Crippen LogP contribution in [-0.2, 0) is 10.2 Å². The van der Waals surface area contributed by atoms with Crippen LogP contribution in [0.15, 0.2) is 60.7 Å². The molecule has 2 fully saturated rings. The second kappa shape index (κ2) is 8.06. The molecule has 1 atom stereocenters. The molecular weight excluding hydrogens is 346 g/mol. The van der Waals surface area contributed by atoms with Gasteiger partial charge in [-0.2, -0.15) is 0 Å². The first-order chi connectivity index (χ1) is 13.6. The molecule has 4 rings (SSSR count). The number of likely N-dealkylation sites (tertiary alicyclic amines) is 1. The van der Waals surface area contributed by atoms with Crippen molar-refractivity contribution in [2.45, 2.75) is 24.3 Å². The summed E-state index contributed by atoms with van der Waals surface area (Å²) in [5, 5.41) is 0. The van der Waals surface area contributed by atoms with Crippen LogP contribution in [0.4, 0.5) is 0 Å². The third-order valence-electron chi connectivity index (χ3n) is 6.64. The molecule has 2 aliphatic heterocycles. The Hall–Kier alpha value is -2.17. The fourth-order valence-electron chi connectivity index (χ4n) is 4.84. The maximum Gasteiger partial charge on any atom is 0.222 e. The number of carbonyl (C=O) groups excluding carboxylic acids is 1. The minimum Gasteiger partial charge on any atom is -0.340 e. The molecule has 2 saturated heterocycles. The predicted octanol–water partition coefficient (Wildman–Crippen LogP) is 2.84. The molecule has 4 heteroatoms. The van der Waals surface area contributed by atoms with Gasteiger partial charge in [0.1, 0.15) is 0 Å². The number of rotatable bonds is 4. The van der Waals surface area contributed by atoms with Gasteiger partial charge in [0.25, 0.3) is 0 Å². The first-order valence-electron chi connectivity index (χ1n) is 10.4. The molecular formula is C24H31N3O. The normalized spacial score (nSPS) is 23.7. The van der Waals surface area contributed by atoms with Crippen molar-refractivity contribution in [2.75, 3.05) is 46.8 Å². The van der Waals surface area contributed by atoms with Crippen molar-refractivity contribution >= 4 is 5.91 Å². The summed E-state index contributed by atoms with van der Waals surface area (Å²) in [6.07, 6.45) is 1.48. The van der Waals surface area contributed by atoms with Gasteiger partial charge in [-0.05, 0) is 31.6 Å². The quantitative estimate of drug-likeness (QED) is 0.820. The molecule has 1 unspecified atom stereocenters. The topological polar surface area (TPSA) is 26.8 Å². The maximum atomic E-state index is 12.9. The van der Waals surface area contributed by atoms with E-state index >= 15 is 0 Å². The number of hydrogen-bond acceptors (Lipinski definition) is 3. The fourth-order valence-corrected chi connectivity index (χ4v) is 4.84. The lowest BCUT2D eigenvalue weighted by molar-refractivity contribution is -0.136. The Morgan fingerprint density at radius 3 is 2.14 bits per heavy atom. The Morgan fingerprint density at radius 1 is 0.929 bits per heavy atom. The Kier molecular flexibility index (Phi) is 5.51. The summed E-state index contributed by atoms with van der Waals surface area (Å²) in [4.78, 5) is 19.8. The van der Waals surface area contributed by atoms with E-state index in [2.05, 4.69) is 89.5 Å². The van der Waals surface area contributed by atoms with Crippen molar-refractivity contribution in [3.05, 3.63) is 71.8 Å². The number of likely N-dealkylation sites (N-methyl/N-ethyl adjacent to an activating group) is 2. The van der Waals surface area contributed by atoms with Crippen LogP contribution in [0.1, 0.15) is 24.0 Å². The molecule has 0 aliphatic carbocycles. The highest BCUT2D eigenvalue weighted by Gasteiger charge is 2.42. The second-order valence-corrected chi connectivity index (χ2v) is 8.49. The molecule has 0 aromatic heterocycles. The van der Waals surface area contributed by atoms with E-state index in [4.69, 9.17) is 0 Å². The lowest BCUT2D eigenvalue weighted by atomic mass is 9.69. The van der Waals surface area contributed by atoms with Gasteiger partial charge in [-0.15, -0.1) is 0 Å². The molecule has 28 heavy (non-hydrogen) atoms. The predicted molar refractivity (Wildman–Crippen MR) is 113 cm³/mol. The van der Waals surface area contributed by atoms with Gasteiger partial charge in [0.2, 0.25) is 5.91 Å². The van der Waals surface area contributed by atoms with Crippen LogP contribution in [0.5, 0.6) is 0 Å². The molecule has 0 radical (unpaired) electrons. The Labute approximate surface area is 168 Å². The molecule has 2 aliphatic rings. The fraction of sp³-hybridized carbons (Fsp3) is 0.458. The Balaban J connectivity index is 1.65. The molecule has 2 heterocycles. The number of piperidine rings is 1. The molecule has 0 bridgehead atoms. The molecule has 2 aromatic rings. The van der Waals surface area contributed by atoms with Gasteiger partial charge in [0, 0.05) is 50.6 Å². The molecule has 148 valence electrons. The monoisotopic (exact) mass is 377 g/mol. The highest BCUT2D eigenvalue weighted by molar-refractivity contribution is 5.78. The lowest BCUT2D eigenvalue weighted by Gasteiger charge is -2.46. The first-order valence-corrected chi connectivity index (χ1v) is 10.4.